The molecule has 0 atom stereocenters. The van der Waals surface area contributed by atoms with Crippen LogP contribution in [0.25, 0.3) is 39.4 Å². The van der Waals surface area contributed by atoms with Crippen LogP contribution >= 0.6 is 0 Å². The van der Waals surface area contributed by atoms with E-state index in [-0.39, 0.29) is 11.4 Å². The molecule has 0 fully saturated rings. The van der Waals surface area contributed by atoms with Crippen LogP contribution < -0.4 is 5.56 Å². The monoisotopic (exact) mass is 422 g/mol. The number of nitrogens with zero attached hydrogens (tertiary/aromatic N) is 4. The first-order valence-corrected chi connectivity index (χ1v) is 10.6. The van der Waals surface area contributed by atoms with Gasteiger partial charge in [-0.1, -0.05) is 54.5 Å². The van der Waals surface area contributed by atoms with Gasteiger partial charge in [-0.3, -0.25) is 4.79 Å². The molecule has 0 radical (unpaired) electrons. The van der Waals surface area contributed by atoms with Gasteiger partial charge in [-0.15, -0.1) is 0 Å². The SMILES string of the molecule is CCc1ccc(-n2nc(-c3nc(-c4ccc(C)c(C)c4)no3)c3ccccc3c2=O)cc1. The van der Waals surface area contributed by atoms with E-state index in [1.54, 1.807) is 6.07 Å². The molecule has 32 heavy (non-hydrogen) atoms. The second kappa shape index (κ2) is 7.89. The third-order valence-electron chi connectivity index (χ3n) is 5.79. The van der Waals surface area contributed by atoms with Crippen molar-refractivity contribution >= 4 is 10.8 Å². The molecule has 0 bridgehead atoms. The largest absolute Gasteiger partial charge is 0.332 e. The number of aromatic nitrogens is 4. The minimum atomic E-state index is -0.192. The molecule has 0 N–H and O–H groups in total. The Morgan fingerprint density at radius 3 is 2.38 bits per heavy atom. The lowest BCUT2D eigenvalue weighted by Crippen LogP contribution is -2.22. The van der Waals surface area contributed by atoms with Crippen LogP contribution in [0.2, 0.25) is 0 Å². The summed E-state index contributed by atoms with van der Waals surface area (Å²) in [4.78, 5) is 17.8. The van der Waals surface area contributed by atoms with Crippen molar-refractivity contribution in [2.75, 3.05) is 0 Å². The minimum Gasteiger partial charge on any atom is -0.332 e. The van der Waals surface area contributed by atoms with Crippen LogP contribution in [0.5, 0.6) is 0 Å². The van der Waals surface area contributed by atoms with Gasteiger partial charge in [0.05, 0.1) is 11.1 Å². The van der Waals surface area contributed by atoms with Gasteiger partial charge >= 0.3 is 0 Å². The minimum absolute atomic E-state index is 0.192. The van der Waals surface area contributed by atoms with Gasteiger partial charge in [0.25, 0.3) is 11.4 Å². The lowest BCUT2D eigenvalue weighted by Gasteiger charge is -2.09. The Kier molecular flexibility index (Phi) is 4.90. The summed E-state index contributed by atoms with van der Waals surface area (Å²) < 4.78 is 7.01. The Hall–Kier alpha value is -4.06. The van der Waals surface area contributed by atoms with Gasteiger partial charge in [-0.05, 0) is 61.2 Å². The average molecular weight is 422 g/mol. The van der Waals surface area contributed by atoms with E-state index in [9.17, 15) is 4.79 Å². The van der Waals surface area contributed by atoms with Gasteiger partial charge in [0, 0.05) is 10.9 Å². The number of aryl methyl sites for hydroxylation is 3. The van der Waals surface area contributed by atoms with Crippen molar-refractivity contribution in [1.29, 1.82) is 0 Å². The lowest BCUT2D eigenvalue weighted by atomic mass is 10.1. The van der Waals surface area contributed by atoms with Gasteiger partial charge in [-0.25, -0.2) is 0 Å². The third-order valence-corrected chi connectivity index (χ3v) is 5.79. The van der Waals surface area contributed by atoms with Crippen LogP contribution in [-0.4, -0.2) is 19.9 Å². The summed E-state index contributed by atoms with van der Waals surface area (Å²) in [5.74, 6) is 0.757. The Bertz CT molecular complexity index is 1500. The van der Waals surface area contributed by atoms with Crippen molar-refractivity contribution in [3.05, 3.63) is 93.8 Å². The maximum atomic E-state index is 13.2. The number of hydrogen-bond donors (Lipinski definition) is 0. The zero-order valence-electron chi connectivity index (χ0n) is 18.2. The molecule has 0 unspecified atom stereocenters. The normalized spacial score (nSPS) is 11.2. The van der Waals surface area contributed by atoms with Crippen LogP contribution in [0.15, 0.2) is 76.0 Å². The molecule has 0 saturated carbocycles. The molecule has 5 aromatic rings. The summed E-state index contributed by atoms with van der Waals surface area (Å²) in [7, 11) is 0. The second-order valence-corrected chi connectivity index (χ2v) is 7.85. The first-order valence-electron chi connectivity index (χ1n) is 10.6. The highest BCUT2D eigenvalue weighted by molar-refractivity contribution is 5.92. The molecule has 0 spiro atoms. The Morgan fingerprint density at radius 2 is 1.66 bits per heavy atom. The first kappa shape index (κ1) is 19.9. The van der Waals surface area contributed by atoms with E-state index in [1.165, 1.54) is 15.8 Å². The summed E-state index contributed by atoms with van der Waals surface area (Å²) in [6.07, 6.45) is 0.925. The van der Waals surface area contributed by atoms with Gasteiger partial charge < -0.3 is 4.52 Å². The van der Waals surface area contributed by atoms with Crippen molar-refractivity contribution in [1.82, 2.24) is 19.9 Å². The van der Waals surface area contributed by atoms with E-state index < -0.39 is 0 Å². The fourth-order valence-electron chi connectivity index (χ4n) is 3.71. The van der Waals surface area contributed by atoms with E-state index >= 15 is 0 Å². The molecule has 3 aromatic carbocycles. The van der Waals surface area contributed by atoms with Crippen molar-refractivity contribution < 1.29 is 4.52 Å². The van der Waals surface area contributed by atoms with E-state index in [1.807, 2.05) is 60.7 Å². The van der Waals surface area contributed by atoms with E-state index in [0.717, 1.165) is 17.5 Å². The van der Waals surface area contributed by atoms with Crippen LogP contribution in [0.3, 0.4) is 0 Å². The molecule has 5 rings (SSSR count). The summed E-state index contributed by atoms with van der Waals surface area (Å²) in [6.45, 7) is 6.21. The first-order chi connectivity index (χ1) is 15.5. The summed E-state index contributed by atoms with van der Waals surface area (Å²) in [6, 6.07) is 21.2. The predicted octanol–water partition coefficient (Wildman–Crippen LogP) is 5.28. The maximum absolute atomic E-state index is 13.2. The van der Waals surface area contributed by atoms with Crippen molar-refractivity contribution in [2.24, 2.45) is 0 Å². The number of hydrogen-bond acceptors (Lipinski definition) is 5. The molecule has 0 aliphatic carbocycles. The van der Waals surface area contributed by atoms with Gasteiger partial charge in [0.1, 0.15) is 0 Å². The molecule has 0 aliphatic heterocycles. The maximum Gasteiger partial charge on any atom is 0.279 e. The molecular weight excluding hydrogens is 400 g/mol. The van der Waals surface area contributed by atoms with E-state index in [2.05, 4.69) is 36.0 Å². The number of rotatable bonds is 4. The van der Waals surface area contributed by atoms with Crippen molar-refractivity contribution in [3.8, 4) is 28.7 Å². The summed E-state index contributed by atoms with van der Waals surface area (Å²) in [5, 5.41) is 10.0. The van der Waals surface area contributed by atoms with Crippen molar-refractivity contribution in [2.45, 2.75) is 27.2 Å². The predicted molar refractivity (Wildman–Crippen MR) is 125 cm³/mol. The summed E-state index contributed by atoms with van der Waals surface area (Å²) >= 11 is 0. The molecule has 0 amide bonds. The number of fused-ring (bicyclic) bond motifs is 1. The highest BCUT2D eigenvalue weighted by Gasteiger charge is 2.19. The number of benzene rings is 3. The standard InChI is InChI=1S/C26H22N4O2/c1-4-18-10-13-20(14-11-18)30-26(31)22-8-6-5-7-21(22)23(28-30)25-27-24(29-32-25)19-12-9-16(2)17(3)15-19/h5-15H,4H2,1-3H3. The Balaban J connectivity index is 1.68. The fraction of sp³-hybridized carbons (Fsp3) is 0.154. The van der Waals surface area contributed by atoms with E-state index in [4.69, 9.17) is 4.52 Å². The molecule has 2 heterocycles. The third kappa shape index (κ3) is 3.39. The van der Waals surface area contributed by atoms with Crippen LogP contribution in [0.1, 0.15) is 23.6 Å². The molecule has 158 valence electrons. The van der Waals surface area contributed by atoms with Gasteiger partial charge in [-0.2, -0.15) is 14.8 Å². The molecule has 2 aromatic heterocycles. The summed E-state index contributed by atoms with van der Waals surface area (Å²) in [5.41, 5.74) is 5.39. The molecule has 6 nitrogen and oxygen atoms in total. The molecule has 6 heteroatoms. The van der Waals surface area contributed by atoms with Gasteiger partial charge in [0.2, 0.25) is 5.82 Å². The highest BCUT2D eigenvalue weighted by atomic mass is 16.5. The lowest BCUT2D eigenvalue weighted by molar-refractivity contribution is 0.430. The Morgan fingerprint density at radius 1 is 0.906 bits per heavy atom. The average Bonchev–Trinajstić information content (AvgIpc) is 3.31. The zero-order chi connectivity index (χ0) is 22.2. The van der Waals surface area contributed by atoms with Gasteiger partial charge in [0.15, 0.2) is 5.69 Å². The molecule has 0 saturated heterocycles. The topological polar surface area (TPSA) is 73.8 Å². The van der Waals surface area contributed by atoms with Crippen molar-refractivity contribution in [3.63, 3.8) is 0 Å². The van der Waals surface area contributed by atoms with E-state index in [0.29, 0.717) is 28.0 Å². The molecular formula is C26H22N4O2. The fourth-order valence-corrected chi connectivity index (χ4v) is 3.71. The zero-order valence-corrected chi connectivity index (χ0v) is 18.2. The van der Waals surface area contributed by atoms with Crippen LogP contribution in [-0.2, 0) is 6.42 Å². The Labute approximate surface area is 185 Å². The smallest absolute Gasteiger partial charge is 0.279 e. The quantitative estimate of drug-likeness (QED) is 0.394. The molecule has 0 aliphatic rings. The van der Waals surface area contributed by atoms with Crippen LogP contribution in [0.4, 0.5) is 0 Å². The second-order valence-electron chi connectivity index (χ2n) is 7.85. The van der Waals surface area contributed by atoms with Crippen LogP contribution in [0, 0.1) is 13.8 Å². The highest BCUT2D eigenvalue weighted by Crippen LogP contribution is 2.27.